The molecule has 2 atom stereocenters. The number of nitrogens with one attached hydrogen (secondary N) is 2. The van der Waals surface area contributed by atoms with Crippen LogP contribution in [-0.2, 0) is 0 Å². The normalized spacial score (nSPS) is 18.5. The average molecular weight is 411 g/mol. The summed E-state index contributed by atoms with van der Waals surface area (Å²) in [6, 6.07) is 6.98. The third-order valence-electron chi connectivity index (χ3n) is 4.90. The fourth-order valence-electron chi connectivity index (χ4n) is 3.43. The van der Waals surface area contributed by atoms with E-state index in [0.29, 0.717) is 23.8 Å². The quantitative estimate of drug-likeness (QED) is 0.533. The first kappa shape index (κ1) is 19.3. The van der Waals surface area contributed by atoms with Crippen molar-refractivity contribution in [3.63, 3.8) is 0 Å². The minimum Gasteiger partial charge on any atom is -0.508 e. The molecule has 3 aromatic heterocycles. The molecule has 0 radical (unpaired) electrons. The molecule has 0 saturated heterocycles. The zero-order chi connectivity index (χ0) is 20.2. The number of anilines is 2. The Morgan fingerprint density at radius 1 is 1.07 bits per heavy atom. The van der Waals surface area contributed by atoms with Crippen LogP contribution in [0, 0.1) is 0 Å². The number of hydrogen-bond acceptors (Lipinski definition) is 8. The Hall–Kier alpha value is -3.07. The summed E-state index contributed by atoms with van der Waals surface area (Å²) < 4.78 is 1.39. The topological polar surface area (TPSA) is 105 Å². The number of nitrogens with zero attached hydrogens (tertiary/aromatic N) is 4. The number of rotatable bonds is 6. The van der Waals surface area contributed by atoms with Crippen molar-refractivity contribution in [2.24, 2.45) is 0 Å². The van der Waals surface area contributed by atoms with E-state index in [1.165, 1.54) is 16.8 Å². The molecule has 0 spiro atoms. The molecule has 1 aliphatic carbocycles. The van der Waals surface area contributed by atoms with Crippen molar-refractivity contribution in [1.82, 2.24) is 19.5 Å². The second-order valence-corrected chi connectivity index (χ2v) is 7.82. The van der Waals surface area contributed by atoms with Crippen LogP contribution < -0.4 is 16.2 Å². The molecule has 0 aromatic carbocycles. The molecule has 150 valence electrons. The maximum atomic E-state index is 12.0. The molecule has 9 heteroatoms. The van der Waals surface area contributed by atoms with Crippen LogP contribution in [0.1, 0.15) is 19.3 Å². The minimum absolute atomic E-state index is 0.0560. The smallest absolute Gasteiger partial charge is 0.259 e. The van der Waals surface area contributed by atoms with Crippen molar-refractivity contribution in [2.45, 2.75) is 36.2 Å². The summed E-state index contributed by atoms with van der Waals surface area (Å²) >= 11 is 1.62. The Labute approximate surface area is 172 Å². The molecule has 0 amide bonds. The largest absolute Gasteiger partial charge is 0.508 e. The van der Waals surface area contributed by atoms with Gasteiger partial charge in [-0.3, -0.25) is 9.36 Å². The fraction of sp³-hybridized carbons (Fsp3) is 0.300. The number of hydrogen-bond donors (Lipinski definition) is 3. The fourth-order valence-corrected chi connectivity index (χ4v) is 3.75. The standard InChI is InChI=1S/C20H22N6O2S/c1-29-17-11-22-20(23-12-17)25-14-3-2-13(8-14)24-15-4-5-18(21-10-15)26-7-6-16(27)9-19(26)28/h4-7,9-14,24,27H,2-3,8H2,1H3,(H,22,23,25)/t13-,14-/m0/s1. The zero-order valence-corrected chi connectivity index (χ0v) is 16.8. The first-order chi connectivity index (χ1) is 14.1. The molecule has 8 nitrogen and oxygen atoms in total. The molecule has 1 fully saturated rings. The highest BCUT2D eigenvalue weighted by molar-refractivity contribution is 7.98. The molecule has 0 aliphatic heterocycles. The molecule has 29 heavy (non-hydrogen) atoms. The van der Waals surface area contributed by atoms with E-state index >= 15 is 0 Å². The highest BCUT2D eigenvalue weighted by atomic mass is 32.2. The molecular weight excluding hydrogens is 388 g/mol. The van der Waals surface area contributed by atoms with Gasteiger partial charge >= 0.3 is 0 Å². The maximum Gasteiger partial charge on any atom is 0.259 e. The van der Waals surface area contributed by atoms with Crippen LogP contribution in [0.15, 0.2) is 58.7 Å². The molecule has 4 rings (SSSR count). The molecule has 1 saturated carbocycles. The SMILES string of the molecule is CSc1cnc(N[C@H]2CC[C@H](Nc3ccc(-n4ccc(O)cc4=O)nc3)C2)nc1. The van der Waals surface area contributed by atoms with Gasteiger partial charge in [-0.05, 0) is 43.7 Å². The lowest BCUT2D eigenvalue weighted by atomic mass is 10.2. The van der Waals surface area contributed by atoms with E-state index in [1.807, 2.05) is 24.7 Å². The molecule has 0 bridgehead atoms. The predicted octanol–water partition coefficient (Wildman–Crippen LogP) is 2.90. The summed E-state index contributed by atoms with van der Waals surface area (Å²) in [4.78, 5) is 26.1. The van der Waals surface area contributed by atoms with Crippen molar-refractivity contribution >= 4 is 23.4 Å². The summed E-state index contributed by atoms with van der Waals surface area (Å²) in [5.74, 6) is 1.12. The number of thioether (sulfide) groups is 1. The first-order valence-corrected chi connectivity index (χ1v) is 10.6. The van der Waals surface area contributed by atoms with Gasteiger partial charge in [0.15, 0.2) is 0 Å². The summed E-state index contributed by atoms with van der Waals surface area (Å²) in [6.45, 7) is 0. The summed E-state index contributed by atoms with van der Waals surface area (Å²) in [5, 5.41) is 16.3. The van der Waals surface area contributed by atoms with Gasteiger partial charge < -0.3 is 15.7 Å². The van der Waals surface area contributed by atoms with Gasteiger partial charge in [-0.15, -0.1) is 11.8 Å². The monoisotopic (exact) mass is 410 g/mol. The van der Waals surface area contributed by atoms with Gasteiger partial charge in [-0.25, -0.2) is 15.0 Å². The van der Waals surface area contributed by atoms with Crippen LogP contribution in [0.3, 0.4) is 0 Å². The van der Waals surface area contributed by atoms with Gasteiger partial charge in [0.1, 0.15) is 11.6 Å². The molecule has 1 aliphatic rings. The van der Waals surface area contributed by atoms with Crippen LogP contribution >= 0.6 is 11.8 Å². The van der Waals surface area contributed by atoms with E-state index in [9.17, 15) is 9.90 Å². The predicted molar refractivity (Wildman–Crippen MR) is 114 cm³/mol. The molecule has 3 aromatic rings. The Balaban J connectivity index is 1.34. The lowest BCUT2D eigenvalue weighted by Crippen LogP contribution is -2.22. The Morgan fingerprint density at radius 2 is 1.83 bits per heavy atom. The highest BCUT2D eigenvalue weighted by Crippen LogP contribution is 2.25. The minimum atomic E-state index is -0.323. The van der Waals surface area contributed by atoms with Gasteiger partial charge in [-0.1, -0.05) is 0 Å². The van der Waals surface area contributed by atoms with Crippen LogP contribution in [0.2, 0.25) is 0 Å². The van der Waals surface area contributed by atoms with Crippen LogP contribution in [0.25, 0.3) is 5.82 Å². The van der Waals surface area contributed by atoms with Crippen molar-refractivity contribution in [2.75, 3.05) is 16.9 Å². The molecule has 3 heterocycles. The lowest BCUT2D eigenvalue weighted by Gasteiger charge is -2.16. The van der Waals surface area contributed by atoms with Gasteiger partial charge in [0.2, 0.25) is 5.95 Å². The second kappa shape index (κ2) is 8.52. The number of aromatic nitrogens is 4. The highest BCUT2D eigenvalue weighted by Gasteiger charge is 2.25. The summed E-state index contributed by atoms with van der Waals surface area (Å²) in [7, 11) is 0. The van der Waals surface area contributed by atoms with Gasteiger partial charge in [0, 0.05) is 41.6 Å². The Morgan fingerprint density at radius 3 is 2.48 bits per heavy atom. The summed E-state index contributed by atoms with van der Waals surface area (Å²) in [6.07, 6.45) is 11.9. The van der Waals surface area contributed by atoms with E-state index in [0.717, 1.165) is 35.9 Å². The molecular formula is C20H22N6O2S. The Bertz CT molecular complexity index is 1020. The molecule has 0 unspecified atom stereocenters. The van der Waals surface area contributed by atoms with E-state index in [2.05, 4.69) is 25.6 Å². The number of aromatic hydroxyl groups is 1. The third kappa shape index (κ3) is 4.68. The van der Waals surface area contributed by atoms with Gasteiger partial charge in [0.25, 0.3) is 5.56 Å². The zero-order valence-electron chi connectivity index (χ0n) is 15.9. The van der Waals surface area contributed by atoms with Crippen molar-refractivity contribution < 1.29 is 5.11 Å². The van der Waals surface area contributed by atoms with Crippen molar-refractivity contribution in [1.29, 1.82) is 0 Å². The first-order valence-electron chi connectivity index (χ1n) is 9.38. The van der Waals surface area contributed by atoms with Crippen molar-refractivity contribution in [3.05, 3.63) is 59.4 Å². The van der Waals surface area contributed by atoms with Crippen molar-refractivity contribution in [3.8, 4) is 11.6 Å². The summed E-state index contributed by atoms with van der Waals surface area (Å²) in [5.41, 5.74) is 0.586. The number of pyridine rings is 2. The van der Waals surface area contributed by atoms with E-state index in [-0.39, 0.29) is 11.3 Å². The van der Waals surface area contributed by atoms with E-state index in [4.69, 9.17) is 0 Å². The second-order valence-electron chi connectivity index (χ2n) is 6.94. The van der Waals surface area contributed by atoms with Crippen LogP contribution in [0.4, 0.5) is 11.6 Å². The lowest BCUT2D eigenvalue weighted by molar-refractivity contribution is 0.473. The van der Waals surface area contributed by atoms with Gasteiger partial charge in [-0.2, -0.15) is 0 Å². The van der Waals surface area contributed by atoms with Gasteiger partial charge in [0.05, 0.1) is 11.9 Å². The van der Waals surface area contributed by atoms with Crippen LogP contribution in [-0.4, -0.2) is 43.0 Å². The average Bonchev–Trinajstić information content (AvgIpc) is 3.16. The molecule has 3 N–H and O–H groups in total. The Kier molecular flexibility index (Phi) is 5.66. The van der Waals surface area contributed by atoms with E-state index < -0.39 is 0 Å². The van der Waals surface area contributed by atoms with Crippen LogP contribution in [0.5, 0.6) is 5.75 Å². The third-order valence-corrected chi connectivity index (χ3v) is 5.58. The van der Waals surface area contributed by atoms with E-state index in [1.54, 1.807) is 24.0 Å². The maximum absolute atomic E-state index is 12.0.